The van der Waals surface area contributed by atoms with E-state index in [1.54, 1.807) is 0 Å². The van der Waals surface area contributed by atoms with Crippen molar-refractivity contribution >= 4 is 33.4 Å². The van der Waals surface area contributed by atoms with Crippen molar-refractivity contribution < 1.29 is 0 Å². The van der Waals surface area contributed by atoms with E-state index in [1.165, 1.54) is 6.42 Å². The Morgan fingerprint density at radius 1 is 1.18 bits per heavy atom. The Labute approximate surface area is 141 Å². The van der Waals surface area contributed by atoms with Gasteiger partial charge in [-0.05, 0) is 44.0 Å². The summed E-state index contributed by atoms with van der Waals surface area (Å²) in [6.07, 6.45) is 2.34. The molecule has 0 spiro atoms. The predicted octanol–water partition coefficient (Wildman–Crippen LogP) is 4.84. The Morgan fingerprint density at radius 3 is 2.64 bits per heavy atom. The van der Waals surface area contributed by atoms with Crippen LogP contribution < -0.4 is 10.2 Å². The molecule has 0 aliphatic rings. The molecule has 0 saturated carbocycles. The molecule has 118 valence electrons. The van der Waals surface area contributed by atoms with Gasteiger partial charge in [0.15, 0.2) is 0 Å². The second-order valence-corrected chi connectivity index (χ2v) is 6.47. The molecule has 0 bridgehead atoms. The fourth-order valence-corrected chi connectivity index (χ4v) is 2.68. The molecule has 0 atom stereocenters. The van der Waals surface area contributed by atoms with E-state index in [0.717, 1.165) is 40.2 Å². The molecular formula is C17H23BrN4. The number of hydrogen-bond donors (Lipinski definition) is 1. The summed E-state index contributed by atoms with van der Waals surface area (Å²) in [7, 11) is 2.08. The average molecular weight is 363 g/mol. The molecule has 1 N–H and O–H groups in total. The molecule has 5 heteroatoms. The number of anilines is 3. The number of hydrogen-bond acceptors (Lipinski definition) is 4. The minimum atomic E-state index is 0.642. The second kappa shape index (κ2) is 7.58. The highest BCUT2D eigenvalue weighted by atomic mass is 79.9. The van der Waals surface area contributed by atoms with E-state index in [1.807, 2.05) is 25.1 Å². The summed E-state index contributed by atoms with van der Waals surface area (Å²) in [4.78, 5) is 11.3. The topological polar surface area (TPSA) is 41.1 Å². The monoisotopic (exact) mass is 362 g/mol. The maximum atomic E-state index is 4.64. The molecule has 0 fully saturated rings. The maximum Gasteiger partial charge on any atom is 0.229 e. The summed E-state index contributed by atoms with van der Waals surface area (Å²) in [5.41, 5.74) is 3.14. The van der Waals surface area contributed by atoms with Crippen LogP contribution in [0.25, 0.3) is 0 Å². The van der Waals surface area contributed by atoms with Gasteiger partial charge in [-0.3, -0.25) is 0 Å². The molecule has 4 nitrogen and oxygen atoms in total. The molecule has 1 aromatic carbocycles. The number of aryl methyl sites for hydroxylation is 2. The largest absolute Gasteiger partial charge is 0.360 e. The van der Waals surface area contributed by atoms with Crippen molar-refractivity contribution in [2.75, 3.05) is 23.8 Å². The van der Waals surface area contributed by atoms with Gasteiger partial charge in [-0.1, -0.05) is 29.3 Å². The van der Waals surface area contributed by atoms with Crippen molar-refractivity contribution in [2.45, 2.75) is 33.6 Å². The highest BCUT2D eigenvalue weighted by Crippen LogP contribution is 2.23. The Kier molecular flexibility index (Phi) is 5.77. The van der Waals surface area contributed by atoms with Crippen LogP contribution in [-0.4, -0.2) is 23.6 Å². The highest BCUT2D eigenvalue weighted by Gasteiger charge is 2.08. The predicted molar refractivity (Wildman–Crippen MR) is 97.1 cm³/mol. The average Bonchev–Trinajstić information content (AvgIpc) is 2.47. The van der Waals surface area contributed by atoms with Crippen LogP contribution in [0.15, 0.2) is 28.7 Å². The lowest BCUT2D eigenvalue weighted by Gasteiger charge is -2.19. The first-order valence-corrected chi connectivity index (χ1v) is 8.39. The van der Waals surface area contributed by atoms with Crippen molar-refractivity contribution in [3.05, 3.63) is 40.0 Å². The molecule has 1 aromatic heterocycles. The first-order chi connectivity index (χ1) is 10.5. The molecule has 0 amide bonds. The molecule has 0 aliphatic heterocycles. The summed E-state index contributed by atoms with van der Waals surface area (Å²) in [5, 5.41) is 3.32. The normalized spacial score (nSPS) is 10.6. The van der Waals surface area contributed by atoms with E-state index < -0.39 is 0 Å². The van der Waals surface area contributed by atoms with Gasteiger partial charge in [-0.2, -0.15) is 4.98 Å². The fourth-order valence-electron chi connectivity index (χ4n) is 2.20. The Hall–Kier alpha value is -1.62. The molecular weight excluding hydrogens is 340 g/mol. The van der Waals surface area contributed by atoms with Crippen LogP contribution in [0, 0.1) is 13.8 Å². The lowest BCUT2D eigenvalue weighted by Crippen LogP contribution is -2.20. The van der Waals surface area contributed by atoms with Gasteiger partial charge in [0.25, 0.3) is 0 Å². The molecule has 22 heavy (non-hydrogen) atoms. The summed E-state index contributed by atoms with van der Waals surface area (Å²) in [6.45, 7) is 7.27. The standard InChI is InChI=1S/C17H23BrN4/c1-5-6-9-22(4)16-11-13(3)19-17(21-16)20-15-8-7-14(18)10-12(15)2/h7-8,10-11H,5-6,9H2,1-4H3,(H,19,20,21). The van der Waals surface area contributed by atoms with Gasteiger partial charge in [0, 0.05) is 35.5 Å². The van der Waals surface area contributed by atoms with Gasteiger partial charge in [0.1, 0.15) is 5.82 Å². The number of aromatic nitrogens is 2. The minimum Gasteiger partial charge on any atom is -0.360 e. The Balaban J connectivity index is 2.22. The van der Waals surface area contributed by atoms with Gasteiger partial charge in [0.2, 0.25) is 5.95 Å². The van der Waals surface area contributed by atoms with Crippen molar-refractivity contribution in [1.82, 2.24) is 9.97 Å². The van der Waals surface area contributed by atoms with Crippen molar-refractivity contribution in [3.8, 4) is 0 Å². The molecule has 1 heterocycles. The molecule has 0 aliphatic carbocycles. The highest BCUT2D eigenvalue weighted by molar-refractivity contribution is 9.10. The van der Waals surface area contributed by atoms with Crippen LogP contribution in [0.2, 0.25) is 0 Å². The van der Waals surface area contributed by atoms with Crippen molar-refractivity contribution in [3.63, 3.8) is 0 Å². The molecule has 0 saturated heterocycles. The number of benzene rings is 1. The van der Waals surface area contributed by atoms with Crippen LogP contribution in [0.1, 0.15) is 31.0 Å². The van der Waals surface area contributed by atoms with Gasteiger partial charge in [-0.25, -0.2) is 4.98 Å². The number of rotatable bonds is 6. The lowest BCUT2D eigenvalue weighted by atomic mass is 10.2. The van der Waals surface area contributed by atoms with Crippen molar-refractivity contribution in [2.24, 2.45) is 0 Å². The first-order valence-electron chi connectivity index (χ1n) is 7.59. The van der Waals surface area contributed by atoms with Gasteiger partial charge in [0.05, 0.1) is 0 Å². The molecule has 0 radical (unpaired) electrons. The molecule has 0 unspecified atom stereocenters. The van der Waals surface area contributed by atoms with E-state index in [0.29, 0.717) is 5.95 Å². The number of unbranched alkanes of at least 4 members (excludes halogenated alkanes) is 1. The van der Waals surface area contributed by atoms with E-state index >= 15 is 0 Å². The summed E-state index contributed by atoms with van der Waals surface area (Å²) < 4.78 is 1.07. The van der Waals surface area contributed by atoms with Gasteiger partial charge >= 0.3 is 0 Å². The first kappa shape index (κ1) is 16.7. The second-order valence-electron chi connectivity index (χ2n) is 5.55. The van der Waals surface area contributed by atoms with Crippen LogP contribution >= 0.6 is 15.9 Å². The third kappa shape index (κ3) is 4.44. The summed E-state index contributed by atoms with van der Waals surface area (Å²) in [5.74, 6) is 1.60. The quantitative estimate of drug-likeness (QED) is 0.798. The maximum absolute atomic E-state index is 4.64. The lowest BCUT2D eigenvalue weighted by molar-refractivity contribution is 0.758. The zero-order valence-corrected chi connectivity index (χ0v) is 15.2. The fraction of sp³-hybridized carbons (Fsp3) is 0.412. The summed E-state index contributed by atoms with van der Waals surface area (Å²) in [6, 6.07) is 8.15. The zero-order valence-electron chi connectivity index (χ0n) is 13.7. The third-order valence-electron chi connectivity index (χ3n) is 3.51. The van der Waals surface area contributed by atoms with Crippen molar-refractivity contribution in [1.29, 1.82) is 0 Å². The number of halogens is 1. The molecule has 2 aromatic rings. The van der Waals surface area contributed by atoms with Gasteiger partial charge in [-0.15, -0.1) is 0 Å². The third-order valence-corrected chi connectivity index (χ3v) is 4.01. The van der Waals surface area contributed by atoms with Gasteiger partial charge < -0.3 is 10.2 Å². The smallest absolute Gasteiger partial charge is 0.229 e. The Morgan fingerprint density at radius 2 is 1.95 bits per heavy atom. The number of nitrogens with zero attached hydrogens (tertiary/aromatic N) is 3. The van der Waals surface area contributed by atoms with Crippen LogP contribution in [0.3, 0.4) is 0 Å². The zero-order chi connectivity index (χ0) is 16.1. The SMILES string of the molecule is CCCCN(C)c1cc(C)nc(Nc2ccc(Br)cc2C)n1. The van der Waals surface area contributed by atoms with Crippen LogP contribution in [-0.2, 0) is 0 Å². The van der Waals surface area contributed by atoms with Crippen LogP contribution in [0.5, 0.6) is 0 Å². The van der Waals surface area contributed by atoms with E-state index in [-0.39, 0.29) is 0 Å². The summed E-state index contributed by atoms with van der Waals surface area (Å²) >= 11 is 3.48. The number of nitrogens with one attached hydrogen (secondary N) is 1. The minimum absolute atomic E-state index is 0.642. The van der Waals surface area contributed by atoms with Crippen LogP contribution in [0.4, 0.5) is 17.5 Å². The van der Waals surface area contributed by atoms with E-state index in [9.17, 15) is 0 Å². The van der Waals surface area contributed by atoms with E-state index in [4.69, 9.17) is 0 Å². The molecule has 2 rings (SSSR count). The Bertz CT molecular complexity index is 643. The van der Waals surface area contributed by atoms with E-state index in [2.05, 4.69) is 63.1 Å².